The van der Waals surface area contributed by atoms with Crippen LogP contribution >= 0.6 is 15.9 Å². The Hall–Kier alpha value is -0.960. The minimum Gasteiger partial charge on any atom is -0.380 e. The molecule has 0 unspecified atom stereocenters. The zero-order valence-corrected chi connectivity index (χ0v) is 16.5. The number of sulfonamides is 1. The standard InChI is InChI=1S/C16H23BrN2O4S/c1-4-19(5-2)24(21,22)12-6-7-14(17)13(8-12)15(20)18-9-16(3)10-23-11-16/h6-8H,4-5,9-11H2,1-3H3,(H,18,20). The number of nitrogens with zero attached hydrogens (tertiary/aromatic N) is 1. The van der Waals surface area contributed by atoms with E-state index < -0.39 is 10.0 Å². The maximum absolute atomic E-state index is 12.6. The lowest BCUT2D eigenvalue weighted by molar-refractivity contribution is -0.0978. The number of ether oxygens (including phenoxy) is 1. The van der Waals surface area contributed by atoms with Crippen molar-refractivity contribution in [3.05, 3.63) is 28.2 Å². The van der Waals surface area contributed by atoms with E-state index in [-0.39, 0.29) is 16.2 Å². The highest BCUT2D eigenvalue weighted by molar-refractivity contribution is 9.10. The van der Waals surface area contributed by atoms with E-state index in [1.807, 2.05) is 6.92 Å². The van der Waals surface area contributed by atoms with E-state index in [0.717, 1.165) is 0 Å². The Morgan fingerprint density at radius 2 is 1.96 bits per heavy atom. The van der Waals surface area contributed by atoms with Crippen LogP contribution in [0.3, 0.4) is 0 Å². The van der Waals surface area contributed by atoms with Crippen LogP contribution in [0.4, 0.5) is 0 Å². The minimum absolute atomic E-state index is 0.0486. The third-order valence-electron chi connectivity index (χ3n) is 4.10. The molecular formula is C16H23BrN2O4S. The van der Waals surface area contributed by atoms with Gasteiger partial charge in [0.25, 0.3) is 5.91 Å². The van der Waals surface area contributed by atoms with E-state index in [2.05, 4.69) is 21.2 Å². The first-order valence-corrected chi connectivity index (χ1v) is 10.1. The molecule has 8 heteroatoms. The molecule has 0 spiro atoms. The molecule has 0 atom stereocenters. The summed E-state index contributed by atoms with van der Waals surface area (Å²) >= 11 is 3.33. The zero-order valence-electron chi connectivity index (χ0n) is 14.1. The lowest BCUT2D eigenvalue weighted by Crippen LogP contribution is -2.48. The monoisotopic (exact) mass is 418 g/mol. The summed E-state index contributed by atoms with van der Waals surface area (Å²) in [5, 5.41) is 2.86. The predicted molar refractivity (Wildman–Crippen MR) is 95.5 cm³/mol. The molecule has 0 aliphatic carbocycles. The number of halogens is 1. The Morgan fingerprint density at radius 1 is 1.33 bits per heavy atom. The van der Waals surface area contributed by atoms with Crippen LogP contribution in [-0.4, -0.2) is 51.5 Å². The Morgan fingerprint density at radius 3 is 2.46 bits per heavy atom. The second-order valence-electron chi connectivity index (χ2n) is 6.22. The Labute approximate surface area is 151 Å². The van der Waals surface area contributed by atoms with Crippen molar-refractivity contribution in [2.45, 2.75) is 25.7 Å². The average molecular weight is 419 g/mol. The maximum Gasteiger partial charge on any atom is 0.252 e. The molecule has 1 aromatic rings. The first-order valence-electron chi connectivity index (χ1n) is 7.89. The highest BCUT2D eigenvalue weighted by Crippen LogP contribution is 2.26. The Balaban J connectivity index is 2.23. The molecule has 134 valence electrons. The molecule has 0 saturated carbocycles. The van der Waals surface area contributed by atoms with Gasteiger partial charge in [0.15, 0.2) is 0 Å². The fraction of sp³-hybridized carbons (Fsp3) is 0.562. The average Bonchev–Trinajstić information content (AvgIpc) is 2.51. The van der Waals surface area contributed by atoms with E-state index in [1.165, 1.54) is 16.4 Å². The van der Waals surface area contributed by atoms with Crippen LogP contribution in [0.15, 0.2) is 27.6 Å². The lowest BCUT2D eigenvalue weighted by Gasteiger charge is -2.38. The van der Waals surface area contributed by atoms with Gasteiger partial charge < -0.3 is 10.1 Å². The van der Waals surface area contributed by atoms with Crippen LogP contribution < -0.4 is 5.32 Å². The maximum atomic E-state index is 12.6. The largest absolute Gasteiger partial charge is 0.380 e. The van der Waals surface area contributed by atoms with Crippen molar-refractivity contribution in [1.29, 1.82) is 0 Å². The van der Waals surface area contributed by atoms with Crippen molar-refractivity contribution < 1.29 is 17.9 Å². The number of benzene rings is 1. The lowest BCUT2D eigenvalue weighted by atomic mass is 9.88. The quantitative estimate of drug-likeness (QED) is 0.736. The van der Waals surface area contributed by atoms with Gasteiger partial charge in [0, 0.05) is 29.5 Å². The summed E-state index contributed by atoms with van der Waals surface area (Å²) in [6, 6.07) is 4.53. The molecule has 1 saturated heterocycles. The smallest absolute Gasteiger partial charge is 0.252 e. The fourth-order valence-corrected chi connectivity index (χ4v) is 4.40. The highest BCUT2D eigenvalue weighted by atomic mass is 79.9. The summed E-state index contributed by atoms with van der Waals surface area (Å²) in [4.78, 5) is 12.6. The third-order valence-corrected chi connectivity index (χ3v) is 6.84. The van der Waals surface area contributed by atoms with Gasteiger partial charge in [-0.05, 0) is 34.1 Å². The molecular weight excluding hydrogens is 396 g/mol. The third kappa shape index (κ3) is 3.99. The summed E-state index contributed by atoms with van der Waals surface area (Å²) in [5.74, 6) is -0.299. The van der Waals surface area contributed by atoms with Crippen molar-refractivity contribution in [1.82, 2.24) is 9.62 Å². The normalized spacial score (nSPS) is 16.7. The number of nitrogens with one attached hydrogen (secondary N) is 1. The minimum atomic E-state index is -3.60. The molecule has 0 radical (unpaired) electrons. The van der Waals surface area contributed by atoms with Crippen LogP contribution in [0.1, 0.15) is 31.1 Å². The second kappa shape index (κ2) is 7.51. The van der Waals surface area contributed by atoms with E-state index in [0.29, 0.717) is 42.9 Å². The van der Waals surface area contributed by atoms with Gasteiger partial charge in [-0.2, -0.15) is 4.31 Å². The van der Waals surface area contributed by atoms with Crippen molar-refractivity contribution in [2.75, 3.05) is 32.8 Å². The van der Waals surface area contributed by atoms with Crippen LogP contribution in [0.2, 0.25) is 0 Å². The van der Waals surface area contributed by atoms with Gasteiger partial charge in [-0.3, -0.25) is 4.79 Å². The van der Waals surface area contributed by atoms with Crippen molar-refractivity contribution >= 4 is 31.9 Å². The molecule has 1 aliphatic rings. The fourth-order valence-electron chi connectivity index (χ4n) is 2.49. The van der Waals surface area contributed by atoms with Gasteiger partial charge in [-0.15, -0.1) is 0 Å². The topological polar surface area (TPSA) is 75.7 Å². The first-order chi connectivity index (χ1) is 11.2. The van der Waals surface area contributed by atoms with Crippen molar-refractivity contribution in [3.8, 4) is 0 Å². The SMILES string of the molecule is CCN(CC)S(=O)(=O)c1ccc(Br)c(C(=O)NCC2(C)COC2)c1. The van der Waals surface area contributed by atoms with Crippen LogP contribution in [0, 0.1) is 5.41 Å². The van der Waals surface area contributed by atoms with Gasteiger partial charge in [0.1, 0.15) is 0 Å². The molecule has 0 bridgehead atoms. The molecule has 1 heterocycles. The predicted octanol–water partition coefficient (Wildman–Crippen LogP) is 2.25. The van der Waals surface area contributed by atoms with Gasteiger partial charge in [0.05, 0.1) is 23.7 Å². The van der Waals surface area contributed by atoms with Crippen LogP contribution in [0.25, 0.3) is 0 Å². The summed E-state index contributed by atoms with van der Waals surface area (Å²) in [6.07, 6.45) is 0. The van der Waals surface area contributed by atoms with Gasteiger partial charge in [0.2, 0.25) is 10.0 Å². The number of rotatable bonds is 7. The molecule has 24 heavy (non-hydrogen) atoms. The van der Waals surface area contributed by atoms with Crippen molar-refractivity contribution in [2.24, 2.45) is 5.41 Å². The zero-order chi connectivity index (χ0) is 18.0. The summed E-state index contributed by atoms with van der Waals surface area (Å²) in [5.41, 5.74) is 0.264. The molecule has 1 aliphatic heterocycles. The Bertz CT molecular complexity index is 713. The molecule has 1 fully saturated rings. The first kappa shape index (κ1) is 19.4. The Kier molecular flexibility index (Phi) is 6.06. The van der Waals surface area contributed by atoms with E-state index in [1.54, 1.807) is 19.9 Å². The van der Waals surface area contributed by atoms with Crippen LogP contribution in [0.5, 0.6) is 0 Å². The number of carbonyl (C=O) groups excluding carboxylic acids is 1. The summed E-state index contributed by atoms with van der Waals surface area (Å²) in [7, 11) is -3.60. The van der Waals surface area contributed by atoms with Crippen molar-refractivity contribution in [3.63, 3.8) is 0 Å². The van der Waals surface area contributed by atoms with Gasteiger partial charge in [-0.1, -0.05) is 20.8 Å². The van der Waals surface area contributed by atoms with Gasteiger partial charge in [-0.25, -0.2) is 8.42 Å². The number of carbonyl (C=O) groups is 1. The van der Waals surface area contributed by atoms with Crippen LogP contribution in [-0.2, 0) is 14.8 Å². The van der Waals surface area contributed by atoms with Gasteiger partial charge >= 0.3 is 0 Å². The van der Waals surface area contributed by atoms with E-state index >= 15 is 0 Å². The molecule has 0 aromatic heterocycles. The highest BCUT2D eigenvalue weighted by Gasteiger charge is 2.34. The number of hydrogen-bond donors (Lipinski definition) is 1. The molecule has 1 aromatic carbocycles. The van der Waals surface area contributed by atoms with E-state index in [9.17, 15) is 13.2 Å². The second-order valence-corrected chi connectivity index (χ2v) is 9.01. The molecule has 2 rings (SSSR count). The molecule has 6 nitrogen and oxygen atoms in total. The number of hydrogen-bond acceptors (Lipinski definition) is 4. The summed E-state index contributed by atoms with van der Waals surface area (Å²) in [6.45, 7) is 8.10. The molecule has 1 amide bonds. The number of amides is 1. The van der Waals surface area contributed by atoms with E-state index in [4.69, 9.17) is 4.74 Å². The summed E-state index contributed by atoms with van der Waals surface area (Å²) < 4.78 is 32.3. The molecule has 1 N–H and O–H groups in total.